The lowest BCUT2D eigenvalue weighted by molar-refractivity contribution is -0.0707. The Hall–Kier alpha value is -0.490. The Kier molecular flexibility index (Phi) is 5.33. The van der Waals surface area contributed by atoms with Crippen LogP contribution in [0.5, 0.6) is 0 Å². The maximum Gasteiger partial charge on any atom is 0.107 e. The van der Waals surface area contributed by atoms with Crippen LogP contribution in [0.2, 0.25) is 0 Å². The number of nitrogens with one attached hydrogen (secondary N) is 1. The predicted molar refractivity (Wildman–Crippen MR) is 79.4 cm³/mol. The highest BCUT2D eigenvalue weighted by atomic mass is 32.1. The van der Waals surface area contributed by atoms with Crippen LogP contribution in [0.25, 0.3) is 0 Å². The first-order valence-electron chi connectivity index (χ1n) is 7.07. The van der Waals surface area contributed by atoms with E-state index >= 15 is 0 Å². The molecule has 0 amide bonds. The van der Waals surface area contributed by atoms with Gasteiger partial charge in [-0.1, -0.05) is 13.8 Å². The molecule has 2 rings (SSSR count). The van der Waals surface area contributed by atoms with Crippen molar-refractivity contribution in [3.8, 4) is 0 Å². The van der Waals surface area contributed by atoms with E-state index in [9.17, 15) is 0 Å². The van der Waals surface area contributed by atoms with Crippen LogP contribution in [0.15, 0.2) is 5.38 Å². The maximum absolute atomic E-state index is 5.75. The minimum Gasteiger partial charge on any atom is -0.373 e. The number of morpholine rings is 1. The minimum atomic E-state index is 0.324. The Morgan fingerprint density at radius 3 is 2.74 bits per heavy atom. The van der Waals surface area contributed by atoms with Gasteiger partial charge >= 0.3 is 0 Å². The van der Waals surface area contributed by atoms with Gasteiger partial charge in [-0.25, -0.2) is 4.98 Å². The lowest BCUT2D eigenvalue weighted by atomic mass is 10.2. The highest BCUT2D eigenvalue weighted by molar-refractivity contribution is 7.09. The molecule has 1 aromatic rings. The van der Waals surface area contributed by atoms with E-state index in [0.29, 0.717) is 18.2 Å². The second-order valence-electron chi connectivity index (χ2n) is 5.72. The molecule has 0 bridgehead atoms. The zero-order valence-electron chi connectivity index (χ0n) is 12.3. The van der Waals surface area contributed by atoms with Crippen molar-refractivity contribution in [1.82, 2.24) is 15.2 Å². The first-order chi connectivity index (χ1) is 9.02. The van der Waals surface area contributed by atoms with E-state index in [-0.39, 0.29) is 0 Å². The SMILES string of the molecule is CC(C)NCc1nc(CN2CC(C)OC(C)C2)cs1. The molecule has 1 aliphatic rings. The summed E-state index contributed by atoms with van der Waals surface area (Å²) >= 11 is 1.75. The normalized spacial score (nSPS) is 25.1. The summed E-state index contributed by atoms with van der Waals surface area (Å²) in [4.78, 5) is 7.14. The first kappa shape index (κ1) is 14.9. The van der Waals surface area contributed by atoms with Crippen molar-refractivity contribution in [2.45, 2.75) is 59.0 Å². The molecule has 19 heavy (non-hydrogen) atoms. The van der Waals surface area contributed by atoms with Gasteiger partial charge in [0.2, 0.25) is 0 Å². The summed E-state index contributed by atoms with van der Waals surface area (Å²) in [6.45, 7) is 12.4. The van der Waals surface area contributed by atoms with Gasteiger partial charge in [0.05, 0.1) is 17.9 Å². The number of rotatable bonds is 5. The summed E-state index contributed by atoms with van der Waals surface area (Å²) in [5, 5.41) is 6.77. The molecule has 0 spiro atoms. The average molecular weight is 283 g/mol. The summed E-state index contributed by atoms with van der Waals surface area (Å²) in [6.07, 6.45) is 0.647. The van der Waals surface area contributed by atoms with Crippen LogP contribution in [-0.2, 0) is 17.8 Å². The van der Waals surface area contributed by atoms with Crippen molar-refractivity contribution < 1.29 is 4.74 Å². The van der Waals surface area contributed by atoms with Crippen molar-refractivity contribution in [1.29, 1.82) is 0 Å². The molecule has 2 unspecified atom stereocenters. The largest absolute Gasteiger partial charge is 0.373 e. The average Bonchev–Trinajstić information content (AvgIpc) is 2.72. The number of aromatic nitrogens is 1. The summed E-state index contributed by atoms with van der Waals surface area (Å²) in [6, 6.07) is 0.508. The lowest BCUT2D eigenvalue weighted by Crippen LogP contribution is -2.44. The summed E-state index contributed by atoms with van der Waals surface area (Å²) in [5.41, 5.74) is 1.19. The number of nitrogens with zero attached hydrogens (tertiary/aromatic N) is 2. The molecule has 1 fully saturated rings. The Balaban J connectivity index is 1.85. The fraction of sp³-hybridized carbons (Fsp3) is 0.786. The van der Waals surface area contributed by atoms with E-state index < -0.39 is 0 Å². The number of thiazole rings is 1. The van der Waals surface area contributed by atoms with Crippen LogP contribution in [-0.4, -0.2) is 41.2 Å². The molecule has 108 valence electrons. The van der Waals surface area contributed by atoms with Crippen LogP contribution in [0.4, 0.5) is 0 Å². The van der Waals surface area contributed by atoms with Gasteiger partial charge in [0.1, 0.15) is 5.01 Å². The Morgan fingerprint density at radius 2 is 2.11 bits per heavy atom. The number of hydrogen-bond donors (Lipinski definition) is 1. The van der Waals surface area contributed by atoms with Gasteiger partial charge in [0.15, 0.2) is 0 Å². The van der Waals surface area contributed by atoms with Gasteiger partial charge in [0.25, 0.3) is 0 Å². The molecule has 4 nitrogen and oxygen atoms in total. The van der Waals surface area contributed by atoms with E-state index in [0.717, 1.165) is 26.2 Å². The van der Waals surface area contributed by atoms with Crippen molar-refractivity contribution >= 4 is 11.3 Å². The minimum absolute atomic E-state index is 0.324. The molecule has 1 aliphatic heterocycles. The van der Waals surface area contributed by atoms with Crippen LogP contribution < -0.4 is 5.32 Å². The Morgan fingerprint density at radius 1 is 1.42 bits per heavy atom. The number of ether oxygens (including phenoxy) is 1. The molecule has 0 radical (unpaired) electrons. The number of hydrogen-bond acceptors (Lipinski definition) is 5. The maximum atomic E-state index is 5.75. The van der Waals surface area contributed by atoms with Crippen LogP contribution in [0.1, 0.15) is 38.4 Å². The summed E-state index contributed by atoms with van der Waals surface area (Å²) in [5.74, 6) is 0. The van der Waals surface area contributed by atoms with E-state index in [1.807, 2.05) is 0 Å². The summed E-state index contributed by atoms with van der Waals surface area (Å²) in [7, 11) is 0. The van der Waals surface area contributed by atoms with Gasteiger partial charge in [-0.15, -0.1) is 11.3 Å². The van der Waals surface area contributed by atoms with Crippen molar-refractivity contribution in [2.24, 2.45) is 0 Å². The van der Waals surface area contributed by atoms with E-state index in [4.69, 9.17) is 9.72 Å². The molecule has 1 N–H and O–H groups in total. The van der Waals surface area contributed by atoms with Crippen molar-refractivity contribution in [3.05, 3.63) is 16.1 Å². The smallest absolute Gasteiger partial charge is 0.107 e. The second-order valence-corrected chi connectivity index (χ2v) is 6.66. The van der Waals surface area contributed by atoms with Crippen LogP contribution in [0.3, 0.4) is 0 Å². The Bertz CT molecular complexity index is 384. The molecule has 0 saturated carbocycles. The molecule has 1 saturated heterocycles. The van der Waals surface area contributed by atoms with Crippen LogP contribution in [0, 0.1) is 0 Å². The standard InChI is InChI=1S/C14H25N3OS/c1-10(2)15-5-14-16-13(9-19-14)8-17-6-11(3)18-12(4)7-17/h9-12,15H,5-8H2,1-4H3. The molecule has 2 atom stereocenters. The van der Waals surface area contributed by atoms with Crippen LogP contribution >= 0.6 is 11.3 Å². The predicted octanol–water partition coefficient (Wildman–Crippen LogP) is 2.25. The third-order valence-electron chi connectivity index (χ3n) is 3.14. The van der Waals surface area contributed by atoms with Gasteiger partial charge in [0, 0.05) is 37.6 Å². The molecular formula is C14H25N3OS. The molecule has 0 aromatic carbocycles. The fourth-order valence-electron chi connectivity index (χ4n) is 2.44. The third kappa shape index (κ3) is 4.84. The van der Waals surface area contributed by atoms with Gasteiger partial charge in [-0.3, -0.25) is 4.90 Å². The highest BCUT2D eigenvalue weighted by Gasteiger charge is 2.22. The highest BCUT2D eigenvalue weighted by Crippen LogP contribution is 2.16. The zero-order valence-corrected chi connectivity index (χ0v) is 13.2. The lowest BCUT2D eigenvalue weighted by Gasteiger charge is -2.34. The summed E-state index contributed by atoms with van der Waals surface area (Å²) < 4.78 is 5.75. The third-order valence-corrected chi connectivity index (χ3v) is 4.04. The van der Waals surface area contributed by atoms with E-state index in [1.54, 1.807) is 11.3 Å². The van der Waals surface area contributed by atoms with Gasteiger partial charge in [-0.05, 0) is 13.8 Å². The zero-order chi connectivity index (χ0) is 13.8. The molecule has 1 aromatic heterocycles. The van der Waals surface area contributed by atoms with E-state index in [2.05, 4.69) is 43.3 Å². The second kappa shape index (κ2) is 6.79. The van der Waals surface area contributed by atoms with Crippen molar-refractivity contribution in [2.75, 3.05) is 13.1 Å². The van der Waals surface area contributed by atoms with Gasteiger partial charge < -0.3 is 10.1 Å². The van der Waals surface area contributed by atoms with Crippen molar-refractivity contribution in [3.63, 3.8) is 0 Å². The Labute approximate surface area is 120 Å². The quantitative estimate of drug-likeness (QED) is 0.899. The first-order valence-corrected chi connectivity index (χ1v) is 7.95. The molecule has 5 heteroatoms. The fourth-order valence-corrected chi connectivity index (χ4v) is 3.17. The monoisotopic (exact) mass is 283 g/mol. The van der Waals surface area contributed by atoms with Gasteiger partial charge in [-0.2, -0.15) is 0 Å². The molecule has 2 heterocycles. The topological polar surface area (TPSA) is 37.4 Å². The van der Waals surface area contributed by atoms with E-state index in [1.165, 1.54) is 10.7 Å². The molecular weight excluding hydrogens is 258 g/mol. The molecule has 0 aliphatic carbocycles.